The Bertz CT molecular complexity index is 2320. The minimum atomic E-state index is -4.49. The highest BCUT2D eigenvalue weighted by molar-refractivity contribution is 8.00. The van der Waals surface area contributed by atoms with Crippen molar-refractivity contribution in [3.8, 4) is 0 Å². The van der Waals surface area contributed by atoms with Crippen molar-refractivity contribution in [2.45, 2.75) is 55.7 Å². The number of thiazole rings is 1. The number of amides is 3. The number of aromatic nitrogens is 1. The SMILES string of the molecule is Cc1ccc(S(=O)(=O)OC2=C(C(=O)OC(c3ccccc3)c3ccccc3)N3C(=O)C(NC(=O)C(=NOCC(=O)OC(C)(C)C)c4csc(NC=O)n4)[C@@H]3SC2)cc1. The third-order valence-electron chi connectivity index (χ3n) is 8.27. The summed E-state index contributed by atoms with van der Waals surface area (Å²) in [5.74, 6) is -4.12. The van der Waals surface area contributed by atoms with Gasteiger partial charge in [-0.05, 0) is 51.0 Å². The number of hydrogen-bond donors (Lipinski definition) is 2. The number of aryl methyl sites for hydroxylation is 1. The first kappa shape index (κ1) is 41.6. The van der Waals surface area contributed by atoms with Gasteiger partial charge in [-0.1, -0.05) is 83.5 Å². The number of β-lactam (4-membered cyclic amide) rings is 1. The van der Waals surface area contributed by atoms with E-state index in [1.807, 2.05) is 0 Å². The Hall–Kier alpha value is -6.05. The molecule has 0 spiro atoms. The number of esters is 2. The van der Waals surface area contributed by atoms with Crippen LogP contribution >= 0.6 is 23.1 Å². The minimum absolute atomic E-state index is 0.0509. The van der Waals surface area contributed by atoms with E-state index in [-0.39, 0.29) is 27.2 Å². The van der Waals surface area contributed by atoms with Crippen LogP contribution < -0.4 is 10.6 Å². The first-order valence-corrected chi connectivity index (χ1v) is 20.9. The summed E-state index contributed by atoms with van der Waals surface area (Å²) in [6.07, 6.45) is -0.573. The van der Waals surface area contributed by atoms with Crippen LogP contribution in [-0.2, 0) is 52.6 Å². The van der Waals surface area contributed by atoms with Crippen molar-refractivity contribution in [1.82, 2.24) is 15.2 Å². The number of fused-ring (bicyclic) bond motifs is 1. The van der Waals surface area contributed by atoms with E-state index in [2.05, 4.69) is 20.8 Å². The lowest BCUT2D eigenvalue weighted by Gasteiger charge is -2.49. The summed E-state index contributed by atoms with van der Waals surface area (Å²) in [6.45, 7) is 6.11. The number of ether oxygens (including phenoxy) is 2. The van der Waals surface area contributed by atoms with Gasteiger partial charge >= 0.3 is 22.1 Å². The number of benzene rings is 3. The fourth-order valence-electron chi connectivity index (χ4n) is 5.71. The Morgan fingerprint density at radius 2 is 1.64 bits per heavy atom. The average molecular weight is 848 g/mol. The van der Waals surface area contributed by atoms with Gasteiger partial charge in [-0.3, -0.25) is 19.3 Å². The summed E-state index contributed by atoms with van der Waals surface area (Å²) < 4.78 is 44.0. The summed E-state index contributed by atoms with van der Waals surface area (Å²) in [5.41, 5.74) is 0.254. The van der Waals surface area contributed by atoms with Crippen molar-refractivity contribution in [2.24, 2.45) is 5.16 Å². The molecule has 3 heterocycles. The highest BCUT2D eigenvalue weighted by Gasteiger charge is 2.56. The molecular weight excluding hydrogens is 811 g/mol. The highest BCUT2D eigenvalue weighted by atomic mass is 32.2. The van der Waals surface area contributed by atoms with Gasteiger partial charge in [0.1, 0.15) is 27.6 Å². The van der Waals surface area contributed by atoms with Crippen LogP contribution in [-0.4, -0.2) is 83.6 Å². The summed E-state index contributed by atoms with van der Waals surface area (Å²) in [4.78, 5) is 75.6. The van der Waals surface area contributed by atoms with E-state index in [1.165, 1.54) is 17.5 Å². The number of carbonyl (C=O) groups is 5. The number of rotatable bonds is 15. The molecule has 2 N–H and O–H groups in total. The molecule has 0 saturated carbocycles. The van der Waals surface area contributed by atoms with Crippen molar-refractivity contribution in [3.63, 3.8) is 0 Å². The maximum absolute atomic E-state index is 14.3. The van der Waals surface area contributed by atoms with Gasteiger partial charge in [0.05, 0.1) is 5.75 Å². The van der Waals surface area contributed by atoms with Gasteiger partial charge in [-0.2, -0.15) is 8.42 Å². The van der Waals surface area contributed by atoms with Crippen molar-refractivity contribution in [2.75, 3.05) is 17.7 Å². The van der Waals surface area contributed by atoms with Crippen LogP contribution in [0.1, 0.15) is 49.3 Å². The standard InChI is InChI=1S/C39H37N5O11S3/c1-23-15-17-26(18-16-23)58(50,51)55-28-21-56-36-31(42-34(47)30(27-20-57-38(41-27)40-22-45)43-52-19-29(46)54-39(2,3)4)35(48)44(36)32(28)37(49)53-33(24-11-7-5-8-12-24)25-13-9-6-10-14-25/h5-18,20,22,31,33,36H,19,21H2,1-4H3,(H,42,47)(H,40,41,45)/t31?,36-/m0/s1. The van der Waals surface area contributed by atoms with Crippen molar-refractivity contribution in [1.29, 1.82) is 0 Å². The van der Waals surface area contributed by atoms with Gasteiger partial charge in [0, 0.05) is 5.38 Å². The van der Waals surface area contributed by atoms with Crippen LogP contribution in [0.5, 0.6) is 0 Å². The zero-order valence-corrected chi connectivity index (χ0v) is 33.9. The molecular formula is C39H37N5O11S3. The maximum atomic E-state index is 14.3. The predicted octanol–water partition coefficient (Wildman–Crippen LogP) is 4.43. The zero-order chi connectivity index (χ0) is 41.6. The van der Waals surface area contributed by atoms with Crippen LogP contribution in [0.25, 0.3) is 0 Å². The third-order valence-corrected chi connectivity index (χ3v) is 11.6. The second kappa shape index (κ2) is 17.6. The molecule has 16 nitrogen and oxygen atoms in total. The summed E-state index contributed by atoms with van der Waals surface area (Å²) in [5, 5.41) is 9.37. The quantitative estimate of drug-likeness (QED) is 0.0424. The van der Waals surface area contributed by atoms with E-state index in [0.717, 1.165) is 33.6 Å². The van der Waals surface area contributed by atoms with Gasteiger partial charge in [-0.25, -0.2) is 14.6 Å². The highest BCUT2D eigenvalue weighted by Crippen LogP contribution is 2.43. The molecule has 1 saturated heterocycles. The molecule has 3 amide bonds. The Kier molecular flexibility index (Phi) is 12.6. The molecule has 58 heavy (non-hydrogen) atoms. The van der Waals surface area contributed by atoms with E-state index in [0.29, 0.717) is 17.5 Å². The van der Waals surface area contributed by atoms with Crippen LogP contribution in [0.4, 0.5) is 5.13 Å². The Labute approximate surface area is 341 Å². The molecule has 19 heteroatoms. The molecule has 4 aromatic rings. The number of carbonyl (C=O) groups excluding carboxylic acids is 5. The van der Waals surface area contributed by atoms with Crippen LogP contribution in [0.3, 0.4) is 0 Å². The smallest absolute Gasteiger partial charge is 0.359 e. The number of oxime groups is 1. The first-order chi connectivity index (χ1) is 27.6. The van der Waals surface area contributed by atoms with E-state index >= 15 is 0 Å². The summed E-state index contributed by atoms with van der Waals surface area (Å²) in [7, 11) is -4.49. The second-order valence-corrected chi connectivity index (χ2v) is 17.2. The number of nitrogens with zero attached hydrogens (tertiary/aromatic N) is 3. The lowest BCUT2D eigenvalue weighted by atomic mass is 10.0. The monoisotopic (exact) mass is 847 g/mol. The van der Waals surface area contributed by atoms with Crippen molar-refractivity contribution in [3.05, 3.63) is 124 Å². The zero-order valence-electron chi connectivity index (χ0n) is 31.4. The van der Waals surface area contributed by atoms with E-state index in [1.54, 1.807) is 100 Å². The van der Waals surface area contributed by atoms with Crippen LogP contribution in [0.15, 0.2) is 112 Å². The maximum Gasteiger partial charge on any atom is 0.359 e. The van der Waals surface area contributed by atoms with Crippen LogP contribution in [0.2, 0.25) is 0 Å². The summed E-state index contributed by atoms with van der Waals surface area (Å²) in [6, 6.07) is 22.3. The molecule has 2 atom stereocenters. The largest absolute Gasteiger partial charge is 0.457 e. The second-order valence-electron chi connectivity index (χ2n) is 13.7. The number of thioether (sulfide) groups is 1. The van der Waals surface area contributed by atoms with Crippen molar-refractivity contribution >= 4 is 74.2 Å². The van der Waals surface area contributed by atoms with Gasteiger partial charge in [0.25, 0.3) is 11.8 Å². The van der Waals surface area contributed by atoms with Gasteiger partial charge < -0.3 is 29.1 Å². The molecule has 0 aliphatic carbocycles. The predicted molar refractivity (Wildman–Crippen MR) is 212 cm³/mol. The fraction of sp³-hybridized carbons (Fsp3) is 0.256. The van der Waals surface area contributed by atoms with E-state index in [4.69, 9.17) is 18.5 Å². The lowest BCUT2D eigenvalue weighted by molar-refractivity contribution is -0.160. The molecule has 2 aliphatic rings. The minimum Gasteiger partial charge on any atom is -0.457 e. The number of anilines is 1. The first-order valence-electron chi connectivity index (χ1n) is 17.5. The molecule has 1 fully saturated rings. The molecule has 302 valence electrons. The Morgan fingerprint density at radius 3 is 2.24 bits per heavy atom. The molecule has 2 aliphatic heterocycles. The van der Waals surface area contributed by atoms with Gasteiger partial charge in [-0.15, -0.1) is 23.1 Å². The van der Waals surface area contributed by atoms with Crippen LogP contribution in [0, 0.1) is 6.92 Å². The van der Waals surface area contributed by atoms with E-state index < -0.39 is 75.0 Å². The molecule has 6 rings (SSSR count). The van der Waals surface area contributed by atoms with Crippen molar-refractivity contribution < 1.29 is 50.9 Å². The average Bonchev–Trinajstić information content (AvgIpc) is 3.65. The Morgan fingerprint density at radius 1 is 1.00 bits per heavy atom. The number of hydrogen-bond acceptors (Lipinski definition) is 15. The normalized spacial score (nSPS) is 16.8. The molecule has 1 aromatic heterocycles. The molecule has 0 bridgehead atoms. The molecule has 0 radical (unpaired) electrons. The summed E-state index contributed by atoms with van der Waals surface area (Å²) >= 11 is 2.00. The number of nitrogens with one attached hydrogen (secondary N) is 2. The van der Waals surface area contributed by atoms with Gasteiger partial charge in [0.15, 0.2) is 28.4 Å². The molecule has 3 aromatic carbocycles. The fourth-order valence-corrected chi connectivity index (χ4v) is 8.66. The van der Waals surface area contributed by atoms with Gasteiger partial charge in [0.2, 0.25) is 13.0 Å². The lowest BCUT2D eigenvalue weighted by Crippen LogP contribution is -2.71. The topological polar surface area (TPSA) is 209 Å². The van der Waals surface area contributed by atoms with E-state index in [9.17, 15) is 32.4 Å². The Balaban J connectivity index is 1.30. The third kappa shape index (κ3) is 9.72. The molecule has 1 unspecified atom stereocenters.